The van der Waals surface area contributed by atoms with Crippen molar-refractivity contribution in [2.45, 2.75) is 32.8 Å². The van der Waals surface area contributed by atoms with Gasteiger partial charge in [0.15, 0.2) is 0 Å². The van der Waals surface area contributed by atoms with Crippen molar-refractivity contribution in [2.75, 3.05) is 13.1 Å². The highest BCUT2D eigenvalue weighted by Gasteiger charge is 2.08. The number of rotatable bonds is 3. The topological polar surface area (TPSA) is 29.5 Å². The number of carbonyl (C=O) groups excluding carboxylic acids is 1. The molecule has 3 heteroatoms. The standard InChI is InChI=1S/C16H19NO2/c1-13(2)19-15-7-5-14(6-8-15)16(18)9-12-17-10-3-4-11-17/h5-8,13H,3-4,10-11H2,1-2H3. The van der Waals surface area contributed by atoms with E-state index in [1.54, 1.807) is 12.1 Å². The van der Waals surface area contributed by atoms with Gasteiger partial charge in [-0.25, -0.2) is 0 Å². The summed E-state index contributed by atoms with van der Waals surface area (Å²) in [7, 11) is 0. The van der Waals surface area contributed by atoms with Crippen molar-refractivity contribution in [3.8, 4) is 17.7 Å². The highest BCUT2D eigenvalue weighted by molar-refractivity contribution is 6.08. The molecule has 1 fully saturated rings. The van der Waals surface area contributed by atoms with E-state index < -0.39 is 0 Å². The van der Waals surface area contributed by atoms with Crippen LogP contribution in [0, 0.1) is 12.0 Å². The predicted octanol–water partition coefficient (Wildman–Crippen LogP) is 2.71. The largest absolute Gasteiger partial charge is 0.491 e. The maximum absolute atomic E-state index is 11.9. The molecule has 0 saturated carbocycles. The summed E-state index contributed by atoms with van der Waals surface area (Å²) in [5.41, 5.74) is 0.614. The average molecular weight is 257 g/mol. The Balaban J connectivity index is 1.98. The number of hydrogen-bond acceptors (Lipinski definition) is 3. The molecule has 1 aliphatic rings. The summed E-state index contributed by atoms with van der Waals surface area (Å²) in [6, 6.07) is 10.1. The quantitative estimate of drug-likeness (QED) is 0.616. The first-order chi connectivity index (χ1) is 9.15. The minimum Gasteiger partial charge on any atom is -0.491 e. The first-order valence-electron chi connectivity index (χ1n) is 6.73. The van der Waals surface area contributed by atoms with Crippen LogP contribution in [0.25, 0.3) is 0 Å². The lowest BCUT2D eigenvalue weighted by Gasteiger charge is -2.09. The zero-order valence-electron chi connectivity index (χ0n) is 11.5. The third-order valence-electron chi connectivity index (χ3n) is 2.92. The minimum absolute atomic E-state index is 0.136. The van der Waals surface area contributed by atoms with Crippen molar-refractivity contribution in [2.24, 2.45) is 0 Å². The molecular formula is C16H19NO2. The molecule has 0 N–H and O–H groups in total. The fraction of sp³-hybridized carbons (Fsp3) is 0.438. The minimum atomic E-state index is -0.136. The van der Waals surface area contributed by atoms with Gasteiger partial charge < -0.3 is 9.64 Å². The zero-order chi connectivity index (χ0) is 13.7. The van der Waals surface area contributed by atoms with Gasteiger partial charge in [-0.2, -0.15) is 0 Å². The number of ether oxygens (including phenoxy) is 1. The number of ketones is 1. The molecule has 0 unspecified atom stereocenters. The van der Waals surface area contributed by atoms with E-state index in [-0.39, 0.29) is 11.9 Å². The highest BCUT2D eigenvalue weighted by Crippen LogP contribution is 2.14. The van der Waals surface area contributed by atoms with E-state index in [1.807, 2.05) is 30.9 Å². The van der Waals surface area contributed by atoms with E-state index in [1.165, 1.54) is 12.8 Å². The lowest BCUT2D eigenvalue weighted by molar-refractivity contribution is 0.105. The van der Waals surface area contributed by atoms with Gasteiger partial charge in [0.2, 0.25) is 5.78 Å². The Labute approximate surface area is 114 Å². The molecule has 0 aliphatic carbocycles. The Morgan fingerprint density at radius 3 is 2.42 bits per heavy atom. The molecule has 0 spiro atoms. The third kappa shape index (κ3) is 4.03. The number of Topliss-reactive ketones (excluding diaryl/α,β-unsaturated/α-hetero) is 1. The molecule has 0 amide bonds. The van der Waals surface area contributed by atoms with Crippen LogP contribution >= 0.6 is 0 Å². The van der Waals surface area contributed by atoms with Crippen LogP contribution in [0.5, 0.6) is 5.75 Å². The number of benzene rings is 1. The molecular weight excluding hydrogens is 238 g/mol. The Morgan fingerprint density at radius 1 is 1.21 bits per heavy atom. The second-order valence-corrected chi connectivity index (χ2v) is 4.95. The van der Waals surface area contributed by atoms with Crippen LogP contribution in [-0.4, -0.2) is 29.9 Å². The van der Waals surface area contributed by atoms with Crippen LogP contribution in [0.4, 0.5) is 0 Å². The predicted molar refractivity (Wildman–Crippen MR) is 75.1 cm³/mol. The Bertz CT molecular complexity index is 488. The lowest BCUT2D eigenvalue weighted by Crippen LogP contribution is -2.12. The second kappa shape index (κ2) is 6.29. The van der Waals surface area contributed by atoms with Gasteiger partial charge >= 0.3 is 0 Å². The Morgan fingerprint density at radius 2 is 1.84 bits per heavy atom. The van der Waals surface area contributed by atoms with Crippen LogP contribution < -0.4 is 4.74 Å². The van der Waals surface area contributed by atoms with Crippen molar-refractivity contribution in [3.05, 3.63) is 29.8 Å². The number of likely N-dealkylation sites (tertiary alicyclic amines) is 1. The summed E-state index contributed by atoms with van der Waals surface area (Å²) in [6.07, 6.45) is 2.48. The molecule has 3 nitrogen and oxygen atoms in total. The second-order valence-electron chi connectivity index (χ2n) is 4.95. The van der Waals surface area contributed by atoms with Gasteiger partial charge in [-0.15, -0.1) is 0 Å². The van der Waals surface area contributed by atoms with Crippen molar-refractivity contribution < 1.29 is 9.53 Å². The Hall–Kier alpha value is -1.95. The van der Waals surface area contributed by atoms with Crippen molar-refractivity contribution in [3.63, 3.8) is 0 Å². The highest BCUT2D eigenvalue weighted by atomic mass is 16.5. The fourth-order valence-corrected chi connectivity index (χ4v) is 1.99. The molecule has 100 valence electrons. The van der Waals surface area contributed by atoms with E-state index in [4.69, 9.17) is 4.74 Å². The normalized spacial score (nSPS) is 14.2. The van der Waals surface area contributed by atoms with Gasteiger partial charge in [-0.3, -0.25) is 4.79 Å². The number of nitrogens with zero attached hydrogens (tertiary/aromatic N) is 1. The van der Waals surface area contributed by atoms with E-state index in [2.05, 4.69) is 12.0 Å². The van der Waals surface area contributed by atoms with Crippen LogP contribution in [0.1, 0.15) is 37.0 Å². The molecule has 0 aromatic heterocycles. The number of hydrogen-bond donors (Lipinski definition) is 0. The molecule has 1 aliphatic heterocycles. The molecule has 19 heavy (non-hydrogen) atoms. The summed E-state index contributed by atoms with van der Waals surface area (Å²) in [5, 5.41) is 0. The van der Waals surface area contributed by atoms with Gasteiger partial charge in [-0.1, -0.05) is 0 Å². The van der Waals surface area contributed by atoms with E-state index in [0.29, 0.717) is 5.56 Å². The Kier molecular flexibility index (Phi) is 4.46. The van der Waals surface area contributed by atoms with Crippen molar-refractivity contribution >= 4 is 5.78 Å². The van der Waals surface area contributed by atoms with E-state index in [9.17, 15) is 4.79 Å². The molecule has 1 aromatic rings. The molecule has 1 heterocycles. The van der Waals surface area contributed by atoms with Gasteiger partial charge in [0.05, 0.1) is 6.10 Å². The van der Waals surface area contributed by atoms with Crippen molar-refractivity contribution in [1.82, 2.24) is 4.90 Å². The molecule has 1 saturated heterocycles. The summed E-state index contributed by atoms with van der Waals surface area (Å²) in [5.74, 6) is 3.34. The summed E-state index contributed by atoms with van der Waals surface area (Å²) >= 11 is 0. The molecule has 0 atom stereocenters. The smallest absolute Gasteiger partial charge is 0.237 e. The maximum atomic E-state index is 11.9. The third-order valence-corrected chi connectivity index (χ3v) is 2.92. The van der Waals surface area contributed by atoms with Crippen molar-refractivity contribution in [1.29, 1.82) is 0 Å². The van der Waals surface area contributed by atoms with E-state index in [0.717, 1.165) is 18.8 Å². The first kappa shape index (κ1) is 13.5. The molecule has 0 radical (unpaired) electrons. The summed E-state index contributed by atoms with van der Waals surface area (Å²) in [6.45, 7) is 5.89. The SMILES string of the molecule is CC(C)Oc1ccc(C(=O)C#CN2CCCC2)cc1. The van der Waals surface area contributed by atoms with Gasteiger partial charge in [0.25, 0.3) is 0 Å². The summed E-state index contributed by atoms with van der Waals surface area (Å²) in [4.78, 5) is 13.9. The van der Waals surface area contributed by atoms with Gasteiger partial charge in [-0.05, 0) is 56.9 Å². The molecule has 0 bridgehead atoms. The van der Waals surface area contributed by atoms with E-state index >= 15 is 0 Å². The van der Waals surface area contributed by atoms with Gasteiger partial charge in [0.1, 0.15) is 5.75 Å². The zero-order valence-corrected chi connectivity index (χ0v) is 11.5. The van der Waals surface area contributed by atoms with Crippen LogP contribution in [-0.2, 0) is 0 Å². The van der Waals surface area contributed by atoms with Gasteiger partial charge in [0, 0.05) is 24.7 Å². The average Bonchev–Trinajstić information content (AvgIpc) is 2.89. The lowest BCUT2D eigenvalue weighted by atomic mass is 10.1. The fourth-order valence-electron chi connectivity index (χ4n) is 1.99. The maximum Gasteiger partial charge on any atom is 0.237 e. The van der Waals surface area contributed by atoms with Crippen LogP contribution in [0.3, 0.4) is 0 Å². The number of carbonyl (C=O) groups is 1. The van der Waals surface area contributed by atoms with Crippen LogP contribution in [0.15, 0.2) is 24.3 Å². The molecule has 2 rings (SSSR count). The molecule has 1 aromatic carbocycles. The summed E-state index contributed by atoms with van der Waals surface area (Å²) < 4.78 is 5.53. The first-order valence-corrected chi connectivity index (χ1v) is 6.73. The monoisotopic (exact) mass is 257 g/mol. The van der Waals surface area contributed by atoms with Crippen LogP contribution in [0.2, 0.25) is 0 Å².